The van der Waals surface area contributed by atoms with Crippen LogP contribution >= 0.6 is 0 Å². The maximum Gasteiger partial charge on any atom is 0.328 e. The monoisotopic (exact) mass is 492 g/mol. The quantitative estimate of drug-likeness (QED) is 0.404. The Morgan fingerprint density at radius 3 is 2.61 bits per heavy atom. The number of aromatic nitrogens is 2. The fraction of sp³-hybridized carbons (Fsp3) is 0.360. The van der Waals surface area contributed by atoms with Crippen LogP contribution in [0.25, 0.3) is 11.0 Å². The number of nitrogens with one attached hydrogen (secondary N) is 4. The highest BCUT2D eigenvalue weighted by atomic mass is 16.5. The number of ether oxygens (including phenoxy) is 1. The predicted octanol–water partition coefficient (Wildman–Crippen LogP) is 2.16. The number of likely N-dealkylation sites (tertiary alicyclic amines) is 1. The number of urea groups is 2. The zero-order valence-electron chi connectivity index (χ0n) is 19.9. The molecule has 2 aliphatic heterocycles. The van der Waals surface area contributed by atoms with Crippen LogP contribution in [0, 0.1) is 0 Å². The molecule has 0 radical (unpaired) electrons. The number of methoxy groups -OCH3 is 1. The van der Waals surface area contributed by atoms with Gasteiger partial charge in [-0.3, -0.25) is 0 Å². The van der Waals surface area contributed by atoms with Gasteiger partial charge in [-0.25, -0.2) is 19.2 Å². The summed E-state index contributed by atoms with van der Waals surface area (Å²) in [7, 11) is 1.28. The molecule has 3 heterocycles. The summed E-state index contributed by atoms with van der Waals surface area (Å²) in [6.07, 6.45) is 1.50. The molecule has 1 aromatic heterocycles. The molecule has 188 valence electrons. The van der Waals surface area contributed by atoms with Crippen LogP contribution in [0.4, 0.5) is 15.3 Å². The lowest BCUT2D eigenvalue weighted by atomic mass is 10.0. The van der Waals surface area contributed by atoms with Gasteiger partial charge < -0.3 is 35.1 Å². The number of carbonyl (C=O) groups excluding carboxylic acids is 3. The van der Waals surface area contributed by atoms with Crippen LogP contribution in [0.1, 0.15) is 24.0 Å². The second-order valence-corrected chi connectivity index (χ2v) is 9.12. The second kappa shape index (κ2) is 9.76. The second-order valence-electron chi connectivity index (χ2n) is 9.12. The molecule has 0 unspecified atom stereocenters. The predicted molar refractivity (Wildman–Crippen MR) is 133 cm³/mol. The van der Waals surface area contributed by atoms with Crippen LogP contribution in [0.15, 0.2) is 47.3 Å². The number of hydrogen-bond donors (Lipinski definition) is 4. The Kier molecular flexibility index (Phi) is 6.36. The van der Waals surface area contributed by atoms with Crippen molar-refractivity contribution in [1.29, 1.82) is 0 Å². The molecule has 2 aromatic carbocycles. The number of nitrogens with zero attached hydrogens (tertiary/aromatic N) is 2. The number of hydrogen-bond acceptors (Lipinski definition) is 5. The molecule has 11 heteroatoms. The number of amides is 4. The number of benzene rings is 2. The highest BCUT2D eigenvalue weighted by molar-refractivity contribution is 5.92. The van der Waals surface area contributed by atoms with Crippen molar-refractivity contribution in [2.75, 3.05) is 25.5 Å². The molecule has 2 aliphatic rings. The van der Waals surface area contributed by atoms with Crippen molar-refractivity contribution in [3.63, 3.8) is 0 Å². The van der Waals surface area contributed by atoms with Gasteiger partial charge in [-0.15, -0.1) is 0 Å². The van der Waals surface area contributed by atoms with E-state index in [1.165, 1.54) is 7.11 Å². The average molecular weight is 493 g/mol. The van der Waals surface area contributed by atoms with Gasteiger partial charge in [-0.2, -0.15) is 0 Å². The standard InChI is InChI=1S/C25H28N6O5/c1-36-22(32)21(13-15-6-7-19-20(12-15)27-23(33)26-19)29-24(34)30-10-8-17(9-11-30)31-14-16-4-2-3-5-18(16)28-25(31)35/h2-7,12,17,21H,8-11,13-14H2,1H3,(H,28,35)(H,29,34)(H2,26,27,33)/t21-/m1/s1. The number of H-pyrrole nitrogens is 2. The van der Waals surface area contributed by atoms with Gasteiger partial charge in [-0.1, -0.05) is 24.3 Å². The first-order chi connectivity index (χ1) is 17.4. The van der Waals surface area contributed by atoms with E-state index >= 15 is 0 Å². The number of carbonyl (C=O) groups is 3. The Morgan fingerprint density at radius 2 is 1.83 bits per heavy atom. The average Bonchev–Trinajstić information content (AvgIpc) is 3.26. The third kappa shape index (κ3) is 4.77. The summed E-state index contributed by atoms with van der Waals surface area (Å²) in [5, 5.41) is 5.74. The molecular weight excluding hydrogens is 464 g/mol. The van der Waals surface area contributed by atoms with Gasteiger partial charge in [0.25, 0.3) is 0 Å². The Labute approximate surface area is 206 Å². The van der Waals surface area contributed by atoms with Gasteiger partial charge in [0, 0.05) is 37.8 Å². The number of aromatic amines is 2. The van der Waals surface area contributed by atoms with Gasteiger partial charge in [0.05, 0.1) is 18.1 Å². The highest BCUT2D eigenvalue weighted by Crippen LogP contribution is 2.27. The van der Waals surface area contributed by atoms with Crippen LogP contribution < -0.4 is 16.3 Å². The summed E-state index contributed by atoms with van der Waals surface area (Å²) >= 11 is 0. The molecule has 3 aromatic rings. The lowest BCUT2D eigenvalue weighted by molar-refractivity contribution is -0.142. The number of esters is 1. The van der Waals surface area contributed by atoms with Crippen LogP contribution in [-0.4, -0.2) is 70.1 Å². The topological polar surface area (TPSA) is 140 Å². The van der Waals surface area contributed by atoms with Crippen molar-refractivity contribution in [3.8, 4) is 0 Å². The van der Waals surface area contributed by atoms with Crippen molar-refractivity contribution >= 4 is 34.8 Å². The van der Waals surface area contributed by atoms with E-state index in [2.05, 4.69) is 20.6 Å². The first kappa shape index (κ1) is 23.5. The van der Waals surface area contributed by atoms with Gasteiger partial charge in [0.2, 0.25) is 0 Å². The summed E-state index contributed by atoms with van der Waals surface area (Å²) in [6, 6.07) is 11.7. The number of anilines is 1. The van der Waals surface area contributed by atoms with E-state index in [0.29, 0.717) is 43.5 Å². The van der Waals surface area contributed by atoms with Gasteiger partial charge in [0.15, 0.2) is 0 Å². The summed E-state index contributed by atoms with van der Waals surface area (Å²) in [5.41, 5.74) is 3.65. The number of fused-ring (bicyclic) bond motifs is 2. The fourth-order valence-corrected chi connectivity index (χ4v) is 4.92. The Hall–Kier alpha value is -4.28. The minimum Gasteiger partial charge on any atom is -0.467 e. The largest absolute Gasteiger partial charge is 0.467 e. The normalized spacial score (nSPS) is 16.9. The summed E-state index contributed by atoms with van der Waals surface area (Å²) in [4.78, 5) is 58.4. The van der Waals surface area contributed by atoms with E-state index in [1.807, 2.05) is 29.2 Å². The molecule has 0 aliphatic carbocycles. The van der Waals surface area contributed by atoms with E-state index in [4.69, 9.17) is 4.74 Å². The molecule has 11 nitrogen and oxygen atoms in total. The number of rotatable bonds is 5. The molecule has 1 fully saturated rings. The molecule has 0 spiro atoms. The van der Waals surface area contributed by atoms with Crippen molar-refractivity contribution in [2.24, 2.45) is 0 Å². The maximum absolute atomic E-state index is 13.0. The summed E-state index contributed by atoms with van der Waals surface area (Å²) in [6.45, 7) is 1.47. The number of piperidine rings is 1. The van der Waals surface area contributed by atoms with Crippen LogP contribution in [0.5, 0.6) is 0 Å². The molecule has 0 saturated carbocycles. The molecule has 1 saturated heterocycles. The van der Waals surface area contributed by atoms with Crippen LogP contribution in [0.2, 0.25) is 0 Å². The molecule has 4 amide bonds. The molecule has 1 atom stereocenters. The highest BCUT2D eigenvalue weighted by Gasteiger charge is 2.33. The van der Waals surface area contributed by atoms with E-state index in [1.54, 1.807) is 23.1 Å². The Bertz CT molecular complexity index is 1360. The Morgan fingerprint density at radius 1 is 1.08 bits per heavy atom. The zero-order valence-corrected chi connectivity index (χ0v) is 19.9. The van der Waals surface area contributed by atoms with Crippen molar-refractivity contribution in [3.05, 3.63) is 64.1 Å². The maximum atomic E-state index is 13.0. The number of para-hydroxylation sites is 1. The van der Waals surface area contributed by atoms with Gasteiger partial charge in [0.1, 0.15) is 6.04 Å². The lowest BCUT2D eigenvalue weighted by Crippen LogP contribution is -2.54. The summed E-state index contributed by atoms with van der Waals surface area (Å²) in [5.74, 6) is -0.551. The first-order valence-corrected chi connectivity index (χ1v) is 11.9. The SMILES string of the molecule is COC(=O)[C@@H](Cc1ccc2[nH]c(=O)[nH]c2c1)NC(=O)N1CCC(N2Cc3ccccc3NC2=O)CC1. The molecule has 4 N–H and O–H groups in total. The number of imidazole rings is 1. The van der Waals surface area contributed by atoms with Crippen LogP contribution in [0.3, 0.4) is 0 Å². The van der Waals surface area contributed by atoms with Gasteiger partial charge >= 0.3 is 23.7 Å². The Balaban J connectivity index is 1.20. The smallest absolute Gasteiger partial charge is 0.328 e. The van der Waals surface area contributed by atoms with E-state index < -0.39 is 12.0 Å². The van der Waals surface area contributed by atoms with Crippen molar-refractivity contribution in [2.45, 2.75) is 37.9 Å². The lowest BCUT2D eigenvalue weighted by Gasteiger charge is -2.40. The van der Waals surface area contributed by atoms with Gasteiger partial charge in [-0.05, 0) is 42.2 Å². The molecule has 5 rings (SSSR count). The van der Waals surface area contributed by atoms with E-state index in [0.717, 1.165) is 16.8 Å². The summed E-state index contributed by atoms with van der Waals surface area (Å²) < 4.78 is 4.91. The van der Waals surface area contributed by atoms with E-state index in [9.17, 15) is 19.2 Å². The van der Waals surface area contributed by atoms with Crippen molar-refractivity contribution < 1.29 is 19.1 Å². The molecular formula is C25H28N6O5. The third-order valence-electron chi connectivity index (χ3n) is 6.86. The van der Waals surface area contributed by atoms with Crippen molar-refractivity contribution in [1.82, 2.24) is 25.1 Å². The third-order valence-corrected chi connectivity index (χ3v) is 6.86. The van der Waals surface area contributed by atoms with E-state index in [-0.39, 0.29) is 30.2 Å². The zero-order chi connectivity index (χ0) is 25.2. The first-order valence-electron chi connectivity index (χ1n) is 11.9. The minimum absolute atomic E-state index is 0.0223. The van der Waals surface area contributed by atoms with Crippen LogP contribution in [-0.2, 0) is 22.5 Å². The molecule has 36 heavy (non-hydrogen) atoms. The fourth-order valence-electron chi connectivity index (χ4n) is 4.92. The minimum atomic E-state index is -0.882. The molecule has 0 bridgehead atoms.